The minimum Gasteiger partial charge on any atom is -0.318 e. The Morgan fingerprint density at radius 2 is 1.06 bits per heavy atom. The number of hydrogen-bond acceptors (Lipinski definition) is 2. The molecule has 0 aliphatic carbocycles. The molecule has 0 saturated heterocycles. The van der Waals surface area contributed by atoms with Gasteiger partial charge in [0.15, 0.2) is 0 Å². The van der Waals surface area contributed by atoms with Crippen molar-refractivity contribution in [2.45, 2.75) is 0 Å². The van der Waals surface area contributed by atoms with Crippen LogP contribution in [0.2, 0.25) is 0 Å². The predicted octanol–water partition coefficient (Wildman–Crippen LogP) is 11.5. The molecule has 2 aromatic heterocycles. The Balaban J connectivity index is 1.16. The summed E-state index contributed by atoms with van der Waals surface area (Å²) in [6.45, 7) is 8.11. The van der Waals surface area contributed by atoms with Crippen molar-refractivity contribution in [3.8, 4) is 45.8 Å². The summed E-state index contributed by atoms with van der Waals surface area (Å²) in [4.78, 5) is 3.96. The van der Waals surface area contributed by atoms with Crippen LogP contribution in [0.25, 0.3) is 82.1 Å². The number of benzene rings is 7. The van der Waals surface area contributed by atoms with Gasteiger partial charge in [-0.15, -0.1) is 0 Å². The molecule has 0 atom stereocenters. The maximum atomic E-state index is 10.4. The first-order valence-electron chi connectivity index (χ1n) is 16.3. The van der Waals surface area contributed by atoms with E-state index < -0.39 is 0 Å². The monoisotopic (exact) mass is 635 g/mol. The molecule has 9 rings (SSSR count). The second-order valence-electron chi connectivity index (χ2n) is 12.3. The maximum absolute atomic E-state index is 10.4. The first-order valence-corrected chi connectivity index (χ1v) is 16.3. The van der Waals surface area contributed by atoms with Crippen LogP contribution in [0, 0.1) is 29.2 Å². The topological polar surface area (TPSA) is 61.8 Å². The van der Waals surface area contributed by atoms with Gasteiger partial charge in [0.05, 0.1) is 57.2 Å². The van der Waals surface area contributed by atoms with Crippen molar-refractivity contribution >= 4 is 49.3 Å². The highest BCUT2D eigenvalue weighted by Crippen LogP contribution is 2.41. The average molecular weight is 636 g/mol. The van der Waals surface area contributed by atoms with Gasteiger partial charge in [-0.1, -0.05) is 103 Å². The van der Waals surface area contributed by atoms with Crippen molar-refractivity contribution in [1.82, 2.24) is 9.13 Å². The molecule has 0 amide bonds. The minimum absolute atomic E-state index is 0.540. The zero-order valence-electron chi connectivity index (χ0n) is 26.7. The molecule has 2 heterocycles. The van der Waals surface area contributed by atoms with Crippen LogP contribution < -0.4 is 0 Å². The first-order chi connectivity index (χ1) is 24.7. The zero-order valence-corrected chi connectivity index (χ0v) is 26.7. The lowest BCUT2D eigenvalue weighted by atomic mass is 9.97. The van der Waals surface area contributed by atoms with Crippen molar-refractivity contribution in [2.75, 3.05) is 0 Å². The lowest BCUT2D eigenvalue weighted by molar-refractivity contribution is 1.17. The molecule has 0 aliphatic heterocycles. The number of fused-ring (bicyclic) bond motifs is 6. The van der Waals surface area contributed by atoms with Gasteiger partial charge >= 0.3 is 0 Å². The molecular formula is C45H25N5. The molecule has 9 aromatic rings. The van der Waals surface area contributed by atoms with Crippen LogP contribution in [0.4, 0.5) is 5.69 Å². The van der Waals surface area contributed by atoms with Crippen LogP contribution >= 0.6 is 0 Å². The van der Waals surface area contributed by atoms with Crippen molar-refractivity contribution in [3.05, 3.63) is 174 Å². The first kappa shape index (κ1) is 28.8. The second-order valence-corrected chi connectivity index (χ2v) is 12.3. The fourth-order valence-electron chi connectivity index (χ4n) is 7.40. The molecule has 5 nitrogen and oxygen atoms in total. The van der Waals surface area contributed by atoms with Gasteiger partial charge in [0.25, 0.3) is 0 Å². The Labute approximate surface area is 288 Å². The molecule has 5 heteroatoms. The summed E-state index contributed by atoms with van der Waals surface area (Å²) in [7, 11) is 0. The van der Waals surface area contributed by atoms with Crippen LogP contribution in [0.1, 0.15) is 11.1 Å². The van der Waals surface area contributed by atoms with E-state index in [0.717, 1.165) is 77.2 Å². The van der Waals surface area contributed by atoms with Gasteiger partial charge in [0.1, 0.15) is 6.07 Å². The van der Waals surface area contributed by atoms with Crippen LogP contribution in [0.3, 0.4) is 0 Å². The molecule has 0 N–H and O–H groups in total. The molecule has 0 unspecified atom stereocenters. The van der Waals surface area contributed by atoms with E-state index in [-0.39, 0.29) is 0 Å². The standard InChI is InChI=1S/C45H25N5/c1-48-39-13-8-12-34(45(39)50-43-16-7-4-11-37(43)38-25-29(27-46)17-23-44(38)50)31-20-18-30(19-21-31)32-22-24-40(33(26-32)28-47)49-41-14-5-2-9-35(41)36-10-3-6-15-42(36)49/h2-26H. The van der Waals surface area contributed by atoms with Gasteiger partial charge in [-0.3, -0.25) is 0 Å². The van der Waals surface area contributed by atoms with Crippen LogP contribution in [0.5, 0.6) is 0 Å². The number of nitriles is 2. The van der Waals surface area contributed by atoms with E-state index >= 15 is 0 Å². The Hall–Kier alpha value is -7.39. The largest absolute Gasteiger partial charge is 0.318 e. The SMILES string of the molecule is [C-]#[N+]c1cccc(-c2ccc(-c3ccc(-n4c5ccccc5c5ccccc54)c(C#N)c3)cc2)c1-n1c2ccccc2c2cc(C#N)ccc21. The molecule has 0 aliphatic rings. The third kappa shape index (κ3) is 4.31. The third-order valence-electron chi connectivity index (χ3n) is 9.63. The van der Waals surface area contributed by atoms with Crippen LogP contribution in [0.15, 0.2) is 152 Å². The van der Waals surface area contributed by atoms with Crippen LogP contribution in [-0.4, -0.2) is 9.13 Å². The molecule has 0 saturated carbocycles. The maximum Gasteiger partial charge on any atom is 0.211 e. The molecule has 0 bridgehead atoms. The number of hydrogen-bond donors (Lipinski definition) is 0. The molecule has 0 radical (unpaired) electrons. The quantitative estimate of drug-likeness (QED) is 0.181. The average Bonchev–Trinajstić information content (AvgIpc) is 3.69. The van der Waals surface area contributed by atoms with Gasteiger partial charge in [0, 0.05) is 21.5 Å². The summed E-state index contributed by atoms with van der Waals surface area (Å²) < 4.78 is 4.33. The second kappa shape index (κ2) is 11.4. The third-order valence-corrected chi connectivity index (χ3v) is 9.63. The van der Waals surface area contributed by atoms with E-state index in [1.54, 1.807) is 0 Å². The highest BCUT2D eigenvalue weighted by Gasteiger charge is 2.20. The van der Waals surface area contributed by atoms with Crippen LogP contribution in [-0.2, 0) is 0 Å². The van der Waals surface area contributed by atoms with Gasteiger partial charge in [-0.25, -0.2) is 4.85 Å². The van der Waals surface area contributed by atoms with Crippen molar-refractivity contribution < 1.29 is 0 Å². The fraction of sp³-hybridized carbons (Fsp3) is 0. The molecule has 0 spiro atoms. The van der Waals surface area contributed by atoms with E-state index in [9.17, 15) is 10.5 Å². The van der Waals surface area contributed by atoms with Gasteiger partial charge in [-0.05, 0) is 70.8 Å². The molecule has 230 valence electrons. The number of aromatic nitrogens is 2. The summed E-state index contributed by atoms with van der Waals surface area (Å²) in [5.41, 5.74) is 11.2. The number of para-hydroxylation sites is 4. The Bertz CT molecular complexity index is 2900. The summed E-state index contributed by atoms with van der Waals surface area (Å²) in [6.07, 6.45) is 0. The van der Waals surface area contributed by atoms with E-state index in [1.165, 1.54) is 0 Å². The summed E-state index contributed by atoms with van der Waals surface area (Å²) in [6, 6.07) is 55.4. The molecule has 0 fully saturated rings. The molecule has 50 heavy (non-hydrogen) atoms. The Kier molecular flexibility index (Phi) is 6.56. The van der Waals surface area contributed by atoms with Crippen molar-refractivity contribution in [1.29, 1.82) is 10.5 Å². The zero-order chi connectivity index (χ0) is 33.8. The molecule has 7 aromatic carbocycles. The van der Waals surface area contributed by atoms with Gasteiger partial charge < -0.3 is 9.13 Å². The van der Waals surface area contributed by atoms with Crippen molar-refractivity contribution in [3.63, 3.8) is 0 Å². The van der Waals surface area contributed by atoms with Gasteiger partial charge in [0.2, 0.25) is 5.69 Å². The van der Waals surface area contributed by atoms with E-state index in [4.69, 9.17) is 6.57 Å². The summed E-state index contributed by atoms with van der Waals surface area (Å²) >= 11 is 0. The lowest BCUT2D eigenvalue weighted by Crippen LogP contribution is -1.98. The van der Waals surface area contributed by atoms with E-state index in [2.05, 4.69) is 98.9 Å². The highest BCUT2D eigenvalue weighted by molar-refractivity contribution is 6.11. The van der Waals surface area contributed by atoms with E-state index in [0.29, 0.717) is 16.8 Å². The summed E-state index contributed by atoms with van der Waals surface area (Å²) in [5.74, 6) is 0. The van der Waals surface area contributed by atoms with Crippen molar-refractivity contribution in [2.24, 2.45) is 0 Å². The number of nitrogens with zero attached hydrogens (tertiary/aromatic N) is 5. The highest BCUT2D eigenvalue weighted by atomic mass is 15.0. The summed E-state index contributed by atoms with van der Waals surface area (Å²) in [5, 5.41) is 24.3. The smallest absolute Gasteiger partial charge is 0.211 e. The van der Waals surface area contributed by atoms with Gasteiger partial charge in [-0.2, -0.15) is 10.5 Å². The fourth-order valence-corrected chi connectivity index (χ4v) is 7.40. The number of rotatable bonds is 4. The normalized spacial score (nSPS) is 11.1. The van der Waals surface area contributed by atoms with E-state index in [1.807, 2.05) is 78.9 Å². The minimum atomic E-state index is 0.540. The predicted molar refractivity (Wildman–Crippen MR) is 202 cm³/mol. The Morgan fingerprint density at radius 1 is 0.480 bits per heavy atom. The Morgan fingerprint density at radius 3 is 1.70 bits per heavy atom. The molecular weight excluding hydrogens is 611 g/mol. The lowest BCUT2D eigenvalue weighted by Gasteiger charge is -2.16.